The highest BCUT2D eigenvalue weighted by Gasteiger charge is 2.00. The topological polar surface area (TPSA) is 46.5 Å². The molecule has 0 fully saturated rings. The Bertz CT molecular complexity index is 530. The van der Waals surface area contributed by atoms with E-state index < -0.39 is 6.16 Å². The molecule has 0 bridgehead atoms. The Kier molecular flexibility index (Phi) is 7.17. The van der Waals surface area contributed by atoms with E-state index in [1.807, 2.05) is 0 Å². The molecule has 2 aromatic carbocycles. The molecule has 2 rings (SSSR count). The fourth-order valence-electron chi connectivity index (χ4n) is 1.86. The molecular formula is C19H24O3. The third kappa shape index (κ3) is 6.44. The van der Waals surface area contributed by atoms with Gasteiger partial charge in [0.05, 0.1) is 0 Å². The van der Waals surface area contributed by atoms with Crippen LogP contribution in [0.15, 0.2) is 54.6 Å². The van der Waals surface area contributed by atoms with Crippen LogP contribution in [0.5, 0.6) is 5.75 Å². The van der Waals surface area contributed by atoms with E-state index in [1.165, 1.54) is 11.1 Å². The monoisotopic (exact) mass is 300 g/mol. The largest absolute Gasteiger partial charge is 0.511 e. The van der Waals surface area contributed by atoms with Crippen molar-refractivity contribution in [1.82, 2.24) is 0 Å². The van der Waals surface area contributed by atoms with Crippen LogP contribution in [0.2, 0.25) is 0 Å². The van der Waals surface area contributed by atoms with Crippen LogP contribution < -0.4 is 4.74 Å². The summed E-state index contributed by atoms with van der Waals surface area (Å²) in [6.45, 7) is 8.91. The second-order valence-corrected chi connectivity index (χ2v) is 5.66. The molecule has 1 N–H and O–H groups in total. The lowest BCUT2D eigenvalue weighted by atomic mass is 9.97. The fourth-order valence-corrected chi connectivity index (χ4v) is 1.86. The van der Waals surface area contributed by atoms with Crippen molar-refractivity contribution in [2.45, 2.75) is 39.5 Å². The van der Waals surface area contributed by atoms with Crippen molar-refractivity contribution in [3.8, 4) is 5.75 Å². The number of benzene rings is 2. The highest BCUT2D eigenvalue weighted by molar-refractivity contribution is 5.60. The molecule has 3 nitrogen and oxygen atoms in total. The predicted molar refractivity (Wildman–Crippen MR) is 89.7 cm³/mol. The second kappa shape index (κ2) is 8.88. The van der Waals surface area contributed by atoms with Crippen molar-refractivity contribution in [3.63, 3.8) is 0 Å². The van der Waals surface area contributed by atoms with E-state index in [0.29, 0.717) is 17.6 Å². The van der Waals surface area contributed by atoms with Crippen LogP contribution >= 0.6 is 0 Å². The van der Waals surface area contributed by atoms with Gasteiger partial charge in [0.2, 0.25) is 0 Å². The van der Waals surface area contributed by atoms with E-state index >= 15 is 0 Å². The van der Waals surface area contributed by atoms with Crippen molar-refractivity contribution >= 4 is 6.16 Å². The summed E-state index contributed by atoms with van der Waals surface area (Å²) in [6.07, 6.45) is -1.29. The molecule has 0 unspecified atom stereocenters. The Labute approximate surface area is 132 Å². The van der Waals surface area contributed by atoms with Crippen LogP contribution in [0.1, 0.15) is 50.7 Å². The number of rotatable bonds is 3. The molecule has 118 valence electrons. The molecule has 0 saturated heterocycles. The van der Waals surface area contributed by atoms with E-state index in [1.54, 1.807) is 30.3 Å². The minimum absolute atomic E-state index is 0.343. The van der Waals surface area contributed by atoms with Gasteiger partial charge in [-0.05, 0) is 35.1 Å². The van der Waals surface area contributed by atoms with Crippen LogP contribution in [-0.2, 0) is 0 Å². The van der Waals surface area contributed by atoms with Gasteiger partial charge in [-0.3, -0.25) is 0 Å². The zero-order valence-corrected chi connectivity index (χ0v) is 13.6. The molecule has 0 atom stereocenters. The first-order valence-electron chi connectivity index (χ1n) is 7.45. The average molecular weight is 300 g/mol. The summed E-state index contributed by atoms with van der Waals surface area (Å²) in [5, 5.41) is 8.14. The minimum Gasteiger partial charge on any atom is -0.449 e. The standard InChI is InChI=1S/C12H18.C7H6O3/c1-9(2)11-5-7-12(8-6-11)10(3)4;8-7(9)10-6-4-2-1-3-5-6/h5-10H,1-4H3;1-5H,(H,8,9). The van der Waals surface area contributed by atoms with Crippen LogP contribution in [-0.4, -0.2) is 11.3 Å². The first-order chi connectivity index (χ1) is 10.4. The Morgan fingerprint density at radius 1 is 0.818 bits per heavy atom. The molecular weight excluding hydrogens is 276 g/mol. The van der Waals surface area contributed by atoms with Gasteiger partial charge in [0.1, 0.15) is 5.75 Å². The number of hydrogen-bond acceptors (Lipinski definition) is 2. The van der Waals surface area contributed by atoms with Gasteiger partial charge >= 0.3 is 6.16 Å². The summed E-state index contributed by atoms with van der Waals surface area (Å²) in [5.74, 6) is 1.63. The maximum absolute atomic E-state index is 9.95. The van der Waals surface area contributed by atoms with Gasteiger partial charge in [-0.25, -0.2) is 4.79 Å². The van der Waals surface area contributed by atoms with Crippen molar-refractivity contribution in [1.29, 1.82) is 0 Å². The highest BCUT2D eigenvalue weighted by atomic mass is 16.7. The molecule has 0 aliphatic rings. The Balaban J connectivity index is 0.000000224. The van der Waals surface area contributed by atoms with Crippen molar-refractivity contribution < 1.29 is 14.6 Å². The van der Waals surface area contributed by atoms with Crippen LogP contribution in [0, 0.1) is 0 Å². The number of ether oxygens (including phenoxy) is 1. The molecule has 0 amide bonds. The summed E-state index contributed by atoms with van der Waals surface area (Å²) < 4.78 is 4.33. The van der Waals surface area contributed by atoms with Crippen molar-refractivity contribution in [2.75, 3.05) is 0 Å². The molecule has 0 saturated carbocycles. The molecule has 0 radical (unpaired) electrons. The van der Waals surface area contributed by atoms with Crippen molar-refractivity contribution in [2.24, 2.45) is 0 Å². The van der Waals surface area contributed by atoms with Gasteiger partial charge in [0, 0.05) is 0 Å². The molecule has 22 heavy (non-hydrogen) atoms. The molecule has 0 aliphatic heterocycles. The smallest absolute Gasteiger partial charge is 0.449 e. The SMILES string of the molecule is CC(C)c1ccc(C(C)C)cc1.O=C(O)Oc1ccccc1. The molecule has 0 heterocycles. The third-order valence-corrected chi connectivity index (χ3v) is 3.22. The first kappa shape index (κ1) is 17.8. The Hall–Kier alpha value is -2.29. The Morgan fingerprint density at radius 2 is 1.23 bits per heavy atom. The van der Waals surface area contributed by atoms with E-state index in [-0.39, 0.29) is 0 Å². The third-order valence-electron chi connectivity index (χ3n) is 3.22. The van der Waals surface area contributed by atoms with Crippen LogP contribution in [0.4, 0.5) is 4.79 Å². The lowest BCUT2D eigenvalue weighted by molar-refractivity contribution is 0.144. The molecule has 2 aromatic rings. The first-order valence-corrected chi connectivity index (χ1v) is 7.45. The van der Waals surface area contributed by atoms with E-state index in [0.717, 1.165) is 0 Å². The molecule has 0 spiro atoms. The number of carboxylic acid groups (broad SMARTS) is 1. The van der Waals surface area contributed by atoms with Gasteiger partial charge in [-0.1, -0.05) is 70.2 Å². The van der Waals surface area contributed by atoms with Gasteiger partial charge < -0.3 is 9.84 Å². The lowest BCUT2D eigenvalue weighted by Crippen LogP contribution is -2.02. The second-order valence-electron chi connectivity index (χ2n) is 5.66. The Morgan fingerprint density at radius 3 is 1.55 bits per heavy atom. The number of para-hydroxylation sites is 1. The minimum atomic E-state index is -1.29. The molecule has 3 heteroatoms. The van der Waals surface area contributed by atoms with Crippen molar-refractivity contribution in [3.05, 3.63) is 65.7 Å². The predicted octanol–water partition coefficient (Wildman–Crippen LogP) is 5.68. The summed E-state index contributed by atoms with van der Waals surface area (Å²) in [7, 11) is 0. The normalized spacial score (nSPS) is 10.1. The van der Waals surface area contributed by atoms with Gasteiger partial charge in [-0.15, -0.1) is 0 Å². The van der Waals surface area contributed by atoms with Crippen LogP contribution in [0.25, 0.3) is 0 Å². The highest BCUT2D eigenvalue weighted by Crippen LogP contribution is 2.19. The van der Waals surface area contributed by atoms with Crippen LogP contribution in [0.3, 0.4) is 0 Å². The maximum atomic E-state index is 9.95. The van der Waals surface area contributed by atoms with Gasteiger partial charge in [0.25, 0.3) is 0 Å². The fraction of sp³-hybridized carbons (Fsp3) is 0.316. The molecule has 0 aliphatic carbocycles. The quantitative estimate of drug-likeness (QED) is 0.586. The van der Waals surface area contributed by atoms with Gasteiger partial charge in [-0.2, -0.15) is 0 Å². The zero-order valence-electron chi connectivity index (χ0n) is 13.6. The van der Waals surface area contributed by atoms with E-state index in [9.17, 15) is 4.79 Å². The zero-order chi connectivity index (χ0) is 16.5. The number of hydrogen-bond donors (Lipinski definition) is 1. The summed E-state index contributed by atoms with van der Waals surface area (Å²) in [5.41, 5.74) is 2.86. The lowest BCUT2D eigenvalue weighted by Gasteiger charge is -2.08. The summed E-state index contributed by atoms with van der Waals surface area (Å²) in [4.78, 5) is 9.95. The molecule has 0 aromatic heterocycles. The van der Waals surface area contributed by atoms with Gasteiger partial charge in [0.15, 0.2) is 0 Å². The number of carbonyl (C=O) groups is 1. The summed E-state index contributed by atoms with van der Waals surface area (Å²) in [6, 6.07) is 17.3. The van der Waals surface area contributed by atoms with E-state index in [4.69, 9.17) is 5.11 Å². The average Bonchev–Trinajstić information content (AvgIpc) is 2.48. The summed E-state index contributed by atoms with van der Waals surface area (Å²) >= 11 is 0. The van der Waals surface area contributed by atoms with E-state index in [2.05, 4.69) is 56.7 Å². The maximum Gasteiger partial charge on any atom is 0.511 e.